The molecule has 0 aliphatic rings. The van der Waals surface area contributed by atoms with Gasteiger partial charge < -0.3 is 4.52 Å². The SMILES string of the molecule is CC(C)Cc1noc2cc(C=O)ccc12. The minimum Gasteiger partial charge on any atom is -0.356 e. The average Bonchev–Trinajstić information content (AvgIpc) is 2.60. The summed E-state index contributed by atoms with van der Waals surface area (Å²) in [6, 6.07) is 5.41. The fourth-order valence-electron chi connectivity index (χ4n) is 1.61. The number of benzene rings is 1. The summed E-state index contributed by atoms with van der Waals surface area (Å²) in [5, 5.41) is 5.03. The first-order chi connectivity index (χ1) is 7.20. The van der Waals surface area contributed by atoms with Crippen LogP contribution in [0.1, 0.15) is 29.9 Å². The molecule has 1 heterocycles. The predicted molar refractivity (Wildman–Crippen MR) is 57.9 cm³/mol. The van der Waals surface area contributed by atoms with Gasteiger partial charge in [0.25, 0.3) is 0 Å². The fourth-order valence-corrected chi connectivity index (χ4v) is 1.61. The Balaban J connectivity index is 2.47. The molecule has 3 nitrogen and oxygen atoms in total. The molecule has 0 fully saturated rings. The maximum Gasteiger partial charge on any atom is 0.167 e. The highest BCUT2D eigenvalue weighted by atomic mass is 16.5. The van der Waals surface area contributed by atoms with Crippen molar-refractivity contribution in [3.63, 3.8) is 0 Å². The molecule has 2 rings (SSSR count). The Bertz CT molecular complexity index is 485. The molecule has 1 aromatic carbocycles. The van der Waals surface area contributed by atoms with Gasteiger partial charge in [-0.1, -0.05) is 25.1 Å². The number of hydrogen-bond donors (Lipinski definition) is 0. The monoisotopic (exact) mass is 203 g/mol. The van der Waals surface area contributed by atoms with Crippen LogP contribution in [0.15, 0.2) is 22.7 Å². The van der Waals surface area contributed by atoms with Crippen LogP contribution < -0.4 is 0 Å². The van der Waals surface area contributed by atoms with Crippen molar-refractivity contribution in [3.05, 3.63) is 29.5 Å². The summed E-state index contributed by atoms with van der Waals surface area (Å²) in [4.78, 5) is 10.6. The molecule has 15 heavy (non-hydrogen) atoms. The Morgan fingerprint density at radius 1 is 1.47 bits per heavy atom. The van der Waals surface area contributed by atoms with E-state index in [1.165, 1.54) is 0 Å². The van der Waals surface area contributed by atoms with E-state index in [0.29, 0.717) is 17.1 Å². The molecule has 0 radical (unpaired) electrons. The van der Waals surface area contributed by atoms with E-state index in [9.17, 15) is 4.79 Å². The van der Waals surface area contributed by atoms with Gasteiger partial charge in [0.1, 0.15) is 6.29 Å². The van der Waals surface area contributed by atoms with Crippen LogP contribution in [-0.2, 0) is 6.42 Å². The first-order valence-electron chi connectivity index (χ1n) is 5.04. The van der Waals surface area contributed by atoms with E-state index in [0.717, 1.165) is 23.8 Å². The zero-order chi connectivity index (χ0) is 10.8. The van der Waals surface area contributed by atoms with E-state index in [-0.39, 0.29) is 0 Å². The molecule has 3 heteroatoms. The van der Waals surface area contributed by atoms with Gasteiger partial charge in [0.15, 0.2) is 5.58 Å². The van der Waals surface area contributed by atoms with Crippen molar-refractivity contribution in [1.82, 2.24) is 5.16 Å². The second-order valence-corrected chi connectivity index (χ2v) is 4.10. The van der Waals surface area contributed by atoms with Crippen LogP contribution in [0.4, 0.5) is 0 Å². The largest absolute Gasteiger partial charge is 0.356 e. The lowest BCUT2D eigenvalue weighted by Crippen LogP contribution is -1.94. The molecule has 1 aromatic heterocycles. The third kappa shape index (κ3) is 1.91. The van der Waals surface area contributed by atoms with Crippen molar-refractivity contribution in [1.29, 1.82) is 0 Å². The topological polar surface area (TPSA) is 43.1 Å². The van der Waals surface area contributed by atoms with Crippen LogP contribution in [0.3, 0.4) is 0 Å². The molecule has 0 aliphatic carbocycles. The summed E-state index contributed by atoms with van der Waals surface area (Å²) in [7, 11) is 0. The van der Waals surface area contributed by atoms with Crippen LogP contribution in [0.2, 0.25) is 0 Å². The van der Waals surface area contributed by atoms with Crippen molar-refractivity contribution in [3.8, 4) is 0 Å². The molecule has 0 unspecified atom stereocenters. The predicted octanol–water partition coefficient (Wildman–Crippen LogP) is 2.84. The van der Waals surface area contributed by atoms with E-state index in [1.807, 2.05) is 6.07 Å². The molecule has 0 amide bonds. The molecule has 2 aromatic rings. The Kier molecular flexibility index (Phi) is 2.54. The number of hydrogen-bond acceptors (Lipinski definition) is 3. The Hall–Kier alpha value is -1.64. The first-order valence-corrected chi connectivity index (χ1v) is 5.04. The molecule has 0 atom stereocenters. The minimum atomic E-state index is 0.545. The first kappa shape index (κ1) is 9.90. The zero-order valence-corrected chi connectivity index (χ0v) is 8.86. The maximum atomic E-state index is 10.6. The third-order valence-electron chi connectivity index (χ3n) is 2.31. The van der Waals surface area contributed by atoms with Gasteiger partial charge in [-0.15, -0.1) is 0 Å². The van der Waals surface area contributed by atoms with E-state index in [2.05, 4.69) is 19.0 Å². The Morgan fingerprint density at radius 2 is 2.27 bits per heavy atom. The van der Waals surface area contributed by atoms with Gasteiger partial charge in [-0.05, 0) is 24.5 Å². The second kappa shape index (κ2) is 3.85. The standard InChI is InChI=1S/C12H13NO2/c1-8(2)5-11-10-4-3-9(7-14)6-12(10)15-13-11/h3-4,6-8H,5H2,1-2H3. The number of aromatic nitrogens is 1. The van der Waals surface area contributed by atoms with Gasteiger partial charge in [0.2, 0.25) is 0 Å². The fraction of sp³-hybridized carbons (Fsp3) is 0.333. The van der Waals surface area contributed by atoms with Crippen molar-refractivity contribution in [2.24, 2.45) is 5.92 Å². The van der Waals surface area contributed by atoms with E-state index < -0.39 is 0 Å². The summed E-state index contributed by atoms with van der Waals surface area (Å²) in [6.45, 7) is 4.28. The van der Waals surface area contributed by atoms with Crippen LogP contribution in [0.25, 0.3) is 11.0 Å². The Labute approximate surface area is 88.1 Å². The van der Waals surface area contributed by atoms with Crippen molar-refractivity contribution in [2.75, 3.05) is 0 Å². The molecule has 0 bridgehead atoms. The lowest BCUT2D eigenvalue weighted by molar-refractivity contribution is 0.112. The van der Waals surface area contributed by atoms with Gasteiger partial charge in [-0.25, -0.2) is 0 Å². The number of aldehydes is 1. The highest BCUT2D eigenvalue weighted by Gasteiger charge is 2.09. The summed E-state index contributed by atoms with van der Waals surface area (Å²) in [6.07, 6.45) is 1.71. The normalized spacial score (nSPS) is 11.1. The van der Waals surface area contributed by atoms with Crippen molar-refractivity contribution >= 4 is 17.3 Å². The summed E-state index contributed by atoms with van der Waals surface area (Å²) in [5.74, 6) is 0.545. The molecule has 78 valence electrons. The van der Waals surface area contributed by atoms with E-state index in [4.69, 9.17) is 4.52 Å². The molecule has 0 aliphatic heterocycles. The van der Waals surface area contributed by atoms with Crippen LogP contribution in [-0.4, -0.2) is 11.4 Å². The summed E-state index contributed by atoms with van der Waals surface area (Å²) < 4.78 is 5.18. The molecular weight excluding hydrogens is 190 g/mol. The smallest absolute Gasteiger partial charge is 0.167 e. The lowest BCUT2D eigenvalue weighted by atomic mass is 10.0. The van der Waals surface area contributed by atoms with Crippen LogP contribution in [0.5, 0.6) is 0 Å². The molecule has 0 saturated heterocycles. The van der Waals surface area contributed by atoms with Crippen LogP contribution >= 0.6 is 0 Å². The quantitative estimate of drug-likeness (QED) is 0.720. The maximum absolute atomic E-state index is 10.6. The number of carbonyl (C=O) groups excluding carboxylic acids is 1. The Morgan fingerprint density at radius 3 is 2.93 bits per heavy atom. The summed E-state index contributed by atoms with van der Waals surface area (Å²) in [5.41, 5.74) is 2.28. The van der Waals surface area contributed by atoms with Gasteiger partial charge in [-0.2, -0.15) is 0 Å². The van der Waals surface area contributed by atoms with Gasteiger partial charge in [0, 0.05) is 10.9 Å². The van der Waals surface area contributed by atoms with E-state index >= 15 is 0 Å². The average molecular weight is 203 g/mol. The minimum absolute atomic E-state index is 0.545. The highest BCUT2D eigenvalue weighted by Crippen LogP contribution is 2.21. The molecule has 0 saturated carbocycles. The van der Waals surface area contributed by atoms with Crippen molar-refractivity contribution in [2.45, 2.75) is 20.3 Å². The third-order valence-corrected chi connectivity index (χ3v) is 2.31. The number of carbonyl (C=O) groups is 1. The number of rotatable bonds is 3. The number of fused-ring (bicyclic) bond motifs is 1. The zero-order valence-electron chi connectivity index (χ0n) is 8.86. The van der Waals surface area contributed by atoms with Gasteiger partial charge >= 0.3 is 0 Å². The van der Waals surface area contributed by atoms with Crippen LogP contribution in [0, 0.1) is 5.92 Å². The second-order valence-electron chi connectivity index (χ2n) is 4.10. The van der Waals surface area contributed by atoms with Gasteiger partial charge in [0.05, 0.1) is 5.69 Å². The van der Waals surface area contributed by atoms with Crippen molar-refractivity contribution < 1.29 is 9.32 Å². The molecular formula is C12H13NO2. The number of nitrogens with zero attached hydrogens (tertiary/aromatic N) is 1. The lowest BCUT2D eigenvalue weighted by Gasteiger charge is -1.99. The van der Waals surface area contributed by atoms with E-state index in [1.54, 1.807) is 12.1 Å². The van der Waals surface area contributed by atoms with Gasteiger partial charge in [-0.3, -0.25) is 4.79 Å². The summed E-state index contributed by atoms with van der Waals surface area (Å²) >= 11 is 0. The molecule has 0 spiro atoms. The highest BCUT2D eigenvalue weighted by molar-refractivity contribution is 5.86. The molecule has 0 N–H and O–H groups in total.